The van der Waals surface area contributed by atoms with Gasteiger partial charge in [-0.25, -0.2) is 13.2 Å². The van der Waals surface area contributed by atoms with Gasteiger partial charge in [0.2, 0.25) is 0 Å². The largest absolute Gasteiger partial charge is 0.591 e. The minimum Gasteiger partial charge on any atom is -0.591 e. The first-order valence-corrected chi connectivity index (χ1v) is 7.26. The van der Waals surface area contributed by atoms with E-state index in [1.54, 1.807) is 20.8 Å². The summed E-state index contributed by atoms with van der Waals surface area (Å²) in [4.78, 5) is 0. The Morgan fingerprint density at radius 2 is 1.95 bits per heavy atom. The van der Waals surface area contributed by atoms with Crippen molar-refractivity contribution in [2.24, 2.45) is 4.40 Å². The normalized spacial score (nSPS) is 14.4. The molecule has 0 saturated carbocycles. The van der Waals surface area contributed by atoms with E-state index in [0.29, 0.717) is 4.47 Å². The highest BCUT2D eigenvalue weighted by Crippen LogP contribution is 2.28. The quantitative estimate of drug-likeness (QED) is 0.584. The zero-order valence-corrected chi connectivity index (χ0v) is 13.0. The number of nitrogens with zero attached hydrogens (tertiary/aromatic N) is 1. The van der Waals surface area contributed by atoms with Crippen LogP contribution in [0, 0.1) is 5.82 Å². The van der Waals surface area contributed by atoms with Crippen LogP contribution in [-0.2, 0) is 11.4 Å². The number of hydrogen-bond donors (Lipinski definition) is 0. The van der Waals surface area contributed by atoms with Crippen LogP contribution in [0.5, 0.6) is 0 Å². The topological polar surface area (TPSA) is 35.4 Å². The lowest BCUT2D eigenvalue weighted by atomic mass is 10.1. The summed E-state index contributed by atoms with van der Waals surface area (Å²) >= 11 is 1.45. The second-order valence-electron chi connectivity index (χ2n) is 4.79. The molecule has 2 nitrogen and oxygen atoms in total. The maximum Gasteiger partial charge on any atom is 0.266 e. The molecule has 1 aromatic carbocycles. The summed E-state index contributed by atoms with van der Waals surface area (Å²) in [6.07, 6.45) is -1.90. The van der Waals surface area contributed by atoms with Crippen LogP contribution in [0.3, 0.4) is 0 Å². The predicted octanol–water partition coefficient (Wildman–Crippen LogP) is 4.41. The Morgan fingerprint density at radius 3 is 2.42 bits per heavy atom. The Labute approximate surface area is 121 Å². The molecule has 0 saturated heterocycles. The number of halogens is 4. The van der Waals surface area contributed by atoms with Gasteiger partial charge in [-0.3, -0.25) is 0 Å². The van der Waals surface area contributed by atoms with Crippen molar-refractivity contribution in [1.82, 2.24) is 0 Å². The average molecular weight is 356 g/mol. The van der Waals surface area contributed by atoms with E-state index in [-0.39, 0.29) is 5.56 Å². The van der Waals surface area contributed by atoms with Gasteiger partial charge in [0.15, 0.2) is 0 Å². The minimum absolute atomic E-state index is 0.123. The van der Waals surface area contributed by atoms with E-state index in [1.165, 1.54) is 6.07 Å². The summed E-state index contributed by atoms with van der Waals surface area (Å²) in [5.74, 6) is -1.05. The van der Waals surface area contributed by atoms with Crippen LogP contribution in [0.1, 0.15) is 38.3 Å². The number of rotatable bonds is 3. The van der Waals surface area contributed by atoms with Gasteiger partial charge in [-0.1, -0.05) is 20.3 Å². The van der Waals surface area contributed by atoms with Gasteiger partial charge in [-0.2, -0.15) is 0 Å². The molecule has 0 aliphatic rings. The van der Waals surface area contributed by atoms with Gasteiger partial charge in [-0.15, -0.1) is 0 Å². The van der Waals surface area contributed by atoms with E-state index < -0.39 is 33.9 Å². The van der Waals surface area contributed by atoms with Gasteiger partial charge in [0.25, 0.3) is 6.43 Å². The highest BCUT2D eigenvalue weighted by Gasteiger charge is 2.26. The second-order valence-corrected chi connectivity index (χ2v) is 7.64. The highest BCUT2D eigenvalue weighted by atomic mass is 79.9. The molecule has 0 radical (unpaired) electrons. The second kappa shape index (κ2) is 6.28. The van der Waals surface area contributed by atoms with E-state index in [0.717, 1.165) is 12.3 Å². The Kier molecular flexibility index (Phi) is 5.46. The molecule has 106 valence electrons. The number of benzene rings is 1. The maximum atomic E-state index is 13.8. The fourth-order valence-electron chi connectivity index (χ4n) is 1.15. The summed E-state index contributed by atoms with van der Waals surface area (Å²) in [7, 11) is 0. The molecule has 0 aromatic heterocycles. The lowest BCUT2D eigenvalue weighted by Gasteiger charge is -2.17. The standard InChI is InChI=1S/C12H13BrF3NOS/c1-12(2,3)19(18)17-6-7-4-8(13)5-9(10(7)14)11(15)16/h4-6,11H,1-3H3. The third-order valence-corrected chi connectivity index (χ3v) is 3.94. The van der Waals surface area contributed by atoms with Crippen LogP contribution in [0.2, 0.25) is 0 Å². The lowest BCUT2D eigenvalue weighted by Crippen LogP contribution is -2.25. The first-order valence-electron chi connectivity index (χ1n) is 5.36. The minimum atomic E-state index is -2.92. The molecule has 0 amide bonds. The molecule has 0 fully saturated rings. The molecular formula is C12H13BrF3NOS. The molecule has 1 atom stereocenters. The Hall–Kier alpha value is -0.530. The van der Waals surface area contributed by atoms with Crippen molar-refractivity contribution >= 4 is 33.5 Å². The molecule has 1 rings (SSSR count). The number of alkyl halides is 2. The van der Waals surface area contributed by atoms with Crippen LogP contribution >= 0.6 is 15.9 Å². The van der Waals surface area contributed by atoms with Crippen molar-refractivity contribution in [3.8, 4) is 0 Å². The van der Waals surface area contributed by atoms with Gasteiger partial charge in [0.05, 0.1) is 11.8 Å². The lowest BCUT2D eigenvalue weighted by molar-refractivity contribution is 0.146. The summed E-state index contributed by atoms with van der Waals surface area (Å²) in [6.45, 7) is 5.13. The van der Waals surface area contributed by atoms with Gasteiger partial charge < -0.3 is 4.55 Å². The van der Waals surface area contributed by atoms with Crippen LogP contribution in [0.4, 0.5) is 13.2 Å². The van der Waals surface area contributed by atoms with Crippen LogP contribution in [-0.4, -0.2) is 15.5 Å². The van der Waals surface area contributed by atoms with Crippen molar-refractivity contribution in [1.29, 1.82) is 0 Å². The maximum absolute atomic E-state index is 13.8. The summed E-state index contributed by atoms with van der Waals surface area (Å²) < 4.78 is 54.1. The summed E-state index contributed by atoms with van der Waals surface area (Å²) in [5, 5.41) is 0. The Balaban J connectivity index is 3.12. The molecular weight excluding hydrogens is 343 g/mol. The third-order valence-electron chi connectivity index (χ3n) is 2.14. The average Bonchev–Trinajstić information content (AvgIpc) is 2.27. The molecule has 0 aliphatic heterocycles. The molecule has 0 N–H and O–H groups in total. The van der Waals surface area contributed by atoms with E-state index >= 15 is 0 Å². The van der Waals surface area contributed by atoms with Gasteiger partial charge >= 0.3 is 0 Å². The molecule has 19 heavy (non-hydrogen) atoms. The molecule has 0 bridgehead atoms. The SMILES string of the molecule is CC(C)(C)[S+]([O-])N=Cc1cc(Br)cc(C(F)F)c1F. The third kappa shape index (κ3) is 4.50. The molecule has 0 aliphatic carbocycles. The van der Waals surface area contributed by atoms with E-state index in [2.05, 4.69) is 20.3 Å². The first kappa shape index (κ1) is 16.5. The summed E-state index contributed by atoms with van der Waals surface area (Å²) in [6, 6.07) is 2.32. The zero-order valence-electron chi connectivity index (χ0n) is 10.6. The molecule has 7 heteroatoms. The molecule has 0 heterocycles. The van der Waals surface area contributed by atoms with E-state index in [1.807, 2.05) is 0 Å². The van der Waals surface area contributed by atoms with Crippen molar-refractivity contribution in [2.45, 2.75) is 31.9 Å². The number of hydrogen-bond acceptors (Lipinski definition) is 2. The monoisotopic (exact) mass is 355 g/mol. The van der Waals surface area contributed by atoms with Crippen molar-refractivity contribution < 1.29 is 17.7 Å². The predicted molar refractivity (Wildman–Crippen MR) is 74.5 cm³/mol. The smallest absolute Gasteiger partial charge is 0.266 e. The van der Waals surface area contributed by atoms with E-state index in [9.17, 15) is 17.7 Å². The van der Waals surface area contributed by atoms with Crippen molar-refractivity contribution in [3.63, 3.8) is 0 Å². The van der Waals surface area contributed by atoms with Gasteiger partial charge in [0.1, 0.15) is 21.9 Å². The van der Waals surface area contributed by atoms with Gasteiger partial charge in [0, 0.05) is 10.0 Å². The molecule has 1 aromatic rings. The highest BCUT2D eigenvalue weighted by molar-refractivity contribution is 9.10. The first-order chi connectivity index (χ1) is 8.62. The molecule has 1 unspecified atom stereocenters. The molecule has 0 spiro atoms. The van der Waals surface area contributed by atoms with Crippen LogP contribution < -0.4 is 0 Å². The van der Waals surface area contributed by atoms with Crippen molar-refractivity contribution in [2.75, 3.05) is 0 Å². The van der Waals surface area contributed by atoms with Gasteiger partial charge in [-0.05, 0) is 32.9 Å². The van der Waals surface area contributed by atoms with Crippen molar-refractivity contribution in [3.05, 3.63) is 33.5 Å². The Bertz CT molecular complexity index is 489. The summed E-state index contributed by atoms with van der Waals surface area (Å²) in [5.41, 5.74) is -0.834. The Morgan fingerprint density at radius 1 is 1.37 bits per heavy atom. The van der Waals surface area contributed by atoms with Crippen LogP contribution in [0.25, 0.3) is 0 Å². The van der Waals surface area contributed by atoms with Crippen LogP contribution in [0.15, 0.2) is 21.0 Å². The zero-order chi connectivity index (χ0) is 14.8. The van der Waals surface area contributed by atoms with E-state index in [4.69, 9.17) is 0 Å². The fourth-order valence-corrected chi connectivity index (χ4v) is 2.17. The fraction of sp³-hybridized carbons (Fsp3) is 0.417.